The molecule has 2 N–H and O–H groups in total. The molecule has 0 saturated carbocycles. The van der Waals surface area contributed by atoms with Crippen LogP contribution in [0.2, 0.25) is 0 Å². The summed E-state index contributed by atoms with van der Waals surface area (Å²) in [6.45, 7) is 7.20. The van der Waals surface area contributed by atoms with E-state index < -0.39 is 17.9 Å². The Bertz CT molecular complexity index is 583. The van der Waals surface area contributed by atoms with Crippen molar-refractivity contribution in [3.05, 3.63) is 36.4 Å². The summed E-state index contributed by atoms with van der Waals surface area (Å²) in [5.41, 5.74) is 1.02. The smallest absolute Gasteiger partial charge is 0.326 e. The number of aliphatic carboxylic acids is 1. The molecule has 0 bridgehead atoms. The number of allylic oxidation sites excluding steroid dienone is 1. The highest BCUT2D eigenvalue weighted by atomic mass is 16.5. The second-order valence-corrected chi connectivity index (χ2v) is 5.85. The molecule has 0 saturated heterocycles. The highest BCUT2D eigenvalue weighted by Gasteiger charge is 2.21. The predicted molar refractivity (Wildman–Crippen MR) is 91.4 cm³/mol. The lowest BCUT2D eigenvalue weighted by atomic mass is 10.0. The van der Waals surface area contributed by atoms with Gasteiger partial charge in [-0.05, 0) is 36.5 Å². The van der Waals surface area contributed by atoms with E-state index in [2.05, 4.69) is 11.9 Å². The number of hydrogen-bond donors (Lipinski definition) is 2. The van der Waals surface area contributed by atoms with E-state index in [1.165, 1.54) is 7.11 Å². The van der Waals surface area contributed by atoms with Crippen LogP contribution >= 0.6 is 0 Å². The minimum Gasteiger partial charge on any atom is -0.493 e. The Morgan fingerprint density at radius 3 is 2.58 bits per heavy atom. The minimum atomic E-state index is -1.05. The van der Waals surface area contributed by atoms with Crippen molar-refractivity contribution in [1.82, 2.24) is 5.32 Å². The van der Waals surface area contributed by atoms with Crippen molar-refractivity contribution < 1.29 is 24.2 Å². The van der Waals surface area contributed by atoms with Gasteiger partial charge in [-0.25, -0.2) is 4.79 Å². The average Bonchev–Trinajstić information content (AvgIpc) is 2.52. The molecule has 0 fully saturated rings. The molecule has 0 aromatic heterocycles. The number of nitrogens with one attached hydrogen (secondary N) is 1. The number of methoxy groups -OCH3 is 1. The molecule has 0 aliphatic carbocycles. The first kappa shape index (κ1) is 19.5. The second-order valence-electron chi connectivity index (χ2n) is 5.85. The zero-order valence-electron chi connectivity index (χ0n) is 14.4. The lowest BCUT2D eigenvalue weighted by Crippen LogP contribution is -2.43. The van der Waals surface area contributed by atoms with Gasteiger partial charge in [-0.15, -0.1) is 6.58 Å². The molecule has 0 radical (unpaired) electrons. The molecule has 132 valence electrons. The molecule has 1 aromatic carbocycles. The normalized spacial score (nSPS) is 11.7. The summed E-state index contributed by atoms with van der Waals surface area (Å²) < 4.78 is 10.7. The molecule has 0 heterocycles. The Morgan fingerprint density at radius 1 is 1.33 bits per heavy atom. The number of benzene rings is 1. The molecular weight excluding hydrogens is 310 g/mol. The zero-order valence-corrected chi connectivity index (χ0v) is 14.4. The molecule has 1 atom stereocenters. The van der Waals surface area contributed by atoms with Gasteiger partial charge in [-0.2, -0.15) is 0 Å². The summed E-state index contributed by atoms with van der Waals surface area (Å²) in [5, 5.41) is 11.6. The van der Waals surface area contributed by atoms with Crippen LogP contribution in [0.25, 0.3) is 0 Å². The molecule has 1 amide bonds. The van der Waals surface area contributed by atoms with Gasteiger partial charge in [0.2, 0.25) is 0 Å². The molecule has 24 heavy (non-hydrogen) atoms. The molecule has 0 aliphatic heterocycles. The maximum Gasteiger partial charge on any atom is 0.326 e. The number of rotatable bonds is 10. The second kappa shape index (κ2) is 9.60. The minimum absolute atomic E-state index is 0.157. The Labute approximate surface area is 142 Å². The number of carbonyl (C=O) groups is 2. The van der Waals surface area contributed by atoms with Crippen LogP contribution in [0.1, 0.15) is 25.8 Å². The van der Waals surface area contributed by atoms with Gasteiger partial charge in [0.15, 0.2) is 18.1 Å². The van der Waals surface area contributed by atoms with Gasteiger partial charge >= 0.3 is 5.97 Å². The Balaban J connectivity index is 2.66. The van der Waals surface area contributed by atoms with Crippen molar-refractivity contribution in [3.8, 4) is 11.5 Å². The van der Waals surface area contributed by atoms with Gasteiger partial charge in [0, 0.05) is 0 Å². The van der Waals surface area contributed by atoms with Crippen LogP contribution in [-0.4, -0.2) is 36.7 Å². The van der Waals surface area contributed by atoms with Crippen LogP contribution in [0.15, 0.2) is 30.9 Å². The van der Waals surface area contributed by atoms with Crippen molar-refractivity contribution >= 4 is 11.9 Å². The molecule has 1 aromatic rings. The van der Waals surface area contributed by atoms with Crippen LogP contribution in [0, 0.1) is 5.92 Å². The number of carbonyl (C=O) groups excluding carboxylic acids is 1. The standard InChI is InChI=1S/C18H25NO5/c1-5-6-13-7-8-15(16(10-13)23-4)24-11-17(20)19-14(18(21)22)9-12(2)3/h5,7-8,10,12,14H,1,6,9,11H2,2-4H3,(H,19,20)(H,21,22). The quantitative estimate of drug-likeness (QED) is 0.642. The molecule has 1 unspecified atom stereocenters. The van der Waals surface area contributed by atoms with Gasteiger partial charge in [-0.1, -0.05) is 26.0 Å². The predicted octanol–water partition coefficient (Wildman–Crippen LogP) is 2.42. The van der Waals surface area contributed by atoms with E-state index in [1.807, 2.05) is 26.0 Å². The Hall–Kier alpha value is -2.50. The van der Waals surface area contributed by atoms with Crippen LogP contribution in [-0.2, 0) is 16.0 Å². The number of ether oxygens (including phenoxy) is 2. The lowest BCUT2D eigenvalue weighted by molar-refractivity contribution is -0.142. The van der Waals surface area contributed by atoms with Crippen molar-refractivity contribution in [3.63, 3.8) is 0 Å². The van der Waals surface area contributed by atoms with Crippen molar-refractivity contribution in [1.29, 1.82) is 0 Å². The first-order valence-electron chi connectivity index (χ1n) is 7.80. The Kier molecular flexibility index (Phi) is 7.82. The van der Waals surface area contributed by atoms with Gasteiger partial charge in [0.05, 0.1) is 7.11 Å². The van der Waals surface area contributed by atoms with E-state index in [9.17, 15) is 9.59 Å². The lowest BCUT2D eigenvalue weighted by Gasteiger charge is -2.17. The average molecular weight is 335 g/mol. The van der Waals surface area contributed by atoms with Crippen molar-refractivity contribution in [2.45, 2.75) is 32.7 Å². The maximum absolute atomic E-state index is 11.9. The summed E-state index contributed by atoms with van der Waals surface area (Å²) >= 11 is 0. The summed E-state index contributed by atoms with van der Waals surface area (Å²) in [6, 6.07) is 4.47. The first-order chi connectivity index (χ1) is 11.4. The summed E-state index contributed by atoms with van der Waals surface area (Å²) in [4.78, 5) is 23.1. The fourth-order valence-electron chi connectivity index (χ4n) is 2.20. The maximum atomic E-state index is 11.9. The number of carboxylic acids is 1. The number of hydrogen-bond acceptors (Lipinski definition) is 4. The topological polar surface area (TPSA) is 84.9 Å². The van der Waals surface area contributed by atoms with E-state index in [0.29, 0.717) is 24.3 Å². The number of carboxylic acid groups (broad SMARTS) is 1. The highest BCUT2D eigenvalue weighted by Crippen LogP contribution is 2.28. The van der Waals surface area contributed by atoms with Crippen LogP contribution in [0.4, 0.5) is 0 Å². The summed E-state index contributed by atoms with van der Waals surface area (Å²) in [6.07, 6.45) is 2.84. The van der Waals surface area contributed by atoms with Crippen molar-refractivity contribution in [2.75, 3.05) is 13.7 Å². The van der Waals surface area contributed by atoms with E-state index in [-0.39, 0.29) is 12.5 Å². The molecular formula is C18H25NO5. The molecule has 0 aliphatic rings. The summed E-state index contributed by atoms with van der Waals surface area (Å²) in [7, 11) is 1.52. The summed E-state index contributed by atoms with van der Waals surface area (Å²) in [5.74, 6) is -0.441. The third-order valence-corrected chi connectivity index (χ3v) is 3.31. The van der Waals surface area contributed by atoms with Crippen LogP contribution < -0.4 is 14.8 Å². The molecule has 6 nitrogen and oxygen atoms in total. The first-order valence-corrected chi connectivity index (χ1v) is 7.80. The molecule has 0 spiro atoms. The third kappa shape index (κ3) is 6.32. The SMILES string of the molecule is C=CCc1ccc(OCC(=O)NC(CC(C)C)C(=O)O)c(OC)c1. The fourth-order valence-corrected chi connectivity index (χ4v) is 2.20. The van der Waals surface area contributed by atoms with Crippen molar-refractivity contribution in [2.24, 2.45) is 5.92 Å². The van der Waals surface area contributed by atoms with Gasteiger partial charge in [0.1, 0.15) is 6.04 Å². The van der Waals surface area contributed by atoms with Gasteiger partial charge in [-0.3, -0.25) is 4.79 Å². The number of amides is 1. The molecule has 1 rings (SSSR count). The van der Waals surface area contributed by atoms with E-state index >= 15 is 0 Å². The van der Waals surface area contributed by atoms with E-state index in [0.717, 1.165) is 5.56 Å². The van der Waals surface area contributed by atoms with E-state index in [4.69, 9.17) is 14.6 Å². The largest absolute Gasteiger partial charge is 0.493 e. The van der Waals surface area contributed by atoms with Crippen LogP contribution in [0.5, 0.6) is 11.5 Å². The van der Waals surface area contributed by atoms with Gasteiger partial charge in [0.25, 0.3) is 5.91 Å². The fraction of sp³-hybridized carbons (Fsp3) is 0.444. The van der Waals surface area contributed by atoms with Crippen LogP contribution in [0.3, 0.4) is 0 Å². The van der Waals surface area contributed by atoms with E-state index in [1.54, 1.807) is 12.1 Å². The zero-order chi connectivity index (χ0) is 18.1. The monoisotopic (exact) mass is 335 g/mol. The van der Waals surface area contributed by atoms with Gasteiger partial charge < -0.3 is 19.9 Å². The highest BCUT2D eigenvalue weighted by molar-refractivity contribution is 5.84. The molecule has 6 heteroatoms. The third-order valence-electron chi connectivity index (χ3n) is 3.31. The Morgan fingerprint density at radius 2 is 2.04 bits per heavy atom.